The lowest BCUT2D eigenvalue weighted by atomic mass is 9.88. The van der Waals surface area contributed by atoms with Crippen LogP contribution in [-0.4, -0.2) is 6.04 Å². The molecule has 0 spiro atoms. The van der Waals surface area contributed by atoms with Gasteiger partial charge in [-0.15, -0.1) is 0 Å². The molecule has 1 saturated carbocycles. The standard InChI is InChI=1S/C15H23N/c1-10(2)12-4-6-13(7-5-12)14-8-9-15(16)11(14)3/h4-7,10-11,14-15H,8-9,16H2,1-3H3. The zero-order valence-electron chi connectivity index (χ0n) is 10.6. The molecule has 16 heavy (non-hydrogen) atoms. The number of benzene rings is 1. The minimum atomic E-state index is 0.398. The molecule has 1 fully saturated rings. The lowest BCUT2D eigenvalue weighted by Crippen LogP contribution is -2.24. The first-order valence-corrected chi connectivity index (χ1v) is 6.45. The summed E-state index contributed by atoms with van der Waals surface area (Å²) in [5, 5.41) is 0. The van der Waals surface area contributed by atoms with Crippen molar-refractivity contribution in [3.8, 4) is 0 Å². The van der Waals surface area contributed by atoms with Gasteiger partial charge in [-0.25, -0.2) is 0 Å². The van der Waals surface area contributed by atoms with Crippen molar-refractivity contribution < 1.29 is 0 Å². The van der Waals surface area contributed by atoms with Crippen molar-refractivity contribution >= 4 is 0 Å². The zero-order chi connectivity index (χ0) is 11.7. The van der Waals surface area contributed by atoms with Crippen molar-refractivity contribution in [1.82, 2.24) is 0 Å². The summed E-state index contributed by atoms with van der Waals surface area (Å²) < 4.78 is 0. The smallest absolute Gasteiger partial charge is 0.00705 e. The molecule has 1 aliphatic rings. The Morgan fingerprint density at radius 1 is 1.12 bits per heavy atom. The van der Waals surface area contributed by atoms with Gasteiger partial charge in [0.1, 0.15) is 0 Å². The first-order chi connectivity index (χ1) is 7.59. The van der Waals surface area contributed by atoms with Crippen molar-refractivity contribution in [3.63, 3.8) is 0 Å². The van der Waals surface area contributed by atoms with Crippen molar-refractivity contribution in [1.29, 1.82) is 0 Å². The molecule has 3 unspecified atom stereocenters. The Bertz CT molecular complexity index is 339. The lowest BCUT2D eigenvalue weighted by molar-refractivity contribution is 0.479. The van der Waals surface area contributed by atoms with Gasteiger partial charge >= 0.3 is 0 Å². The number of rotatable bonds is 2. The Hall–Kier alpha value is -0.820. The third-order valence-electron chi connectivity index (χ3n) is 4.15. The Morgan fingerprint density at radius 2 is 1.75 bits per heavy atom. The van der Waals surface area contributed by atoms with Crippen molar-refractivity contribution in [2.45, 2.75) is 51.5 Å². The minimum Gasteiger partial charge on any atom is -0.327 e. The number of hydrogen-bond donors (Lipinski definition) is 1. The SMILES string of the molecule is CC(C)c1ccc(C2CCC(N)C2C)cc1. The fourth-order valence-corrected chi connectivity index (χ4v) is 2.79. The van der Waals surface area contributed by atoms with Crippen LogP contribution in [0.3, 0.4) is 0 Å². The zero-order valence-corrected chi connectivity index (χ0v) is 10.6. The minimum absolute atomic E-state index is 0.398. The number of hydrogen-bond acceptors (Lipinski definition) is 1. The molecule has 0 radical (unpaired) electrons. The highest BCUT2D eigenvalue weighted by Crippen LogP contribution is 2.38. The maximum absolute atomic E-state index is 6.08. The average Bonchev–Trinajstić information content (AvgIpc) is 2.60. The van der Waals surface area contributed by atoms with E-state index in [1.165, 1.54) is 24.0 Å². The summed E-state index contributed by atoms with van der Waals surface area (Å²) in [4.78, 5) is 0. The van der Waals surface area contributed by atoms with Crippen LogP contribution in [0.15, 0.2) is 24.3 Å². The summed E-state index contributed by atoms with van der Waals surface area (Å²) in [6.45, 7) is 6.77. The van der Waals surface area contributed by atoms with E-state index in [9.17, 15) is 0 Å². The van der Waals surface area contributed by atoms with Crippen LogP contribution in [-0.2, 0) is 0 Å². The second-order valence-electron chi connectivity index (χ2n) is 5.53. The predicted octanol–water partition coefficient (Wildman–Crippen LogP) is 3.65. The monoisotopic (exact) mass is 217 g/mol. The van der Waals surface area contributed by atoms with Crippen LogP contribution in [0, 0.1) is 5.92 Å². The Balaban J connectivity index is 2.16. The predicted molar refractivity (Wildman–Crippen MR) is 69.6 cm³/mol. The largest absolute Gasteiger partial charge is 0.327 e. The summed E-state index contributed by atoms with van der Waals surface area (Å²) >= 11 is 0. The molecule has 1 aliphatic carbocycles. The Labute approximate surface area is 99.0 Å². The van der Waals surface area contributed by atoms with E-state index in [0.29, 0.717) is 23.8 Å². The molecule has 0 aromatic heterocycles. The summed E-state index contributed by atoms with van der Waals surface area (Å²) in [5.74, 6) is 1.93. The molecule has 0 amide bonds. The van der Waals surface area contributed by atoms with E-state index in [4.69, 9.17) is 5.73 Å². The van der Waals surface area contributed by atoms with Crippen LogP contribution < -0.4 is 5.73 Å². The molecule has 2 rings (SSSR count). The molecule has 1 aromatic rings. The maximum Gasteiger partial charge on any atom is 0.00705 e. The molecular formula is C15H23N. The van der Waals surface area contributed by atoms with E-state index < -0.39 is 0 Å². The second kappa shape index (κ2) is 4.58. The molecule has 1 aromatic carbocycles. The summed E-state index contributed by atoms with van der Waals surface area (Å²) in [7, 11) is 0. The van der Waals surface area contributed by atoms with Gasteiger partial charge in [0.05, 0.1) is 0 Å². The van der Waals surface area contributed by atoms with Crippen LogP contribution in [0.1, 0.15) is 56.6 Å². The van der Waals surface area contributed by atoms with E-state index in [2.05, 4.69) is 45.0 Å². The van der Waals surface area contributed by atoms with Crippen LogP contribution >= 0.6 is 0 Å². The Morgan fingerprint density at radius 3 is 2.19 bits per heavy atom. The van der Waals surface area contributed by atoms with Crippen LogP contribution in [0.4, 0.5) is 0 Å². The topological polar surface area (TPSA) is 26.0 Å². The number of nitrogens with two attached hydrogens (primary N) is 1. The van der Waals surface area contributed by atoms with Gasteiger partial charge in [-0.1, -0.05) is 45.0 Å². The molecule has 0 bridgehead atoms. The third kappa shape index (κ3) is 2.15. The molecule has 1 nitrogen and oxygen atoms in total. The van der Waals surface area contributed by atoms with Crippen LogP contribution in [0.25, 0.3) is 0 Å². The average molecular weight is 217 g/mol. The second-order valence-corrected chi connectivity index (χ2v) is 5.53. The van der Waals surface area contributed by atoms with Gasteiger partial charge in [-0.2, -0.15) is 0 Å². The normalized spacial score (nSPS) is 29.9. The van der Waals surface area contributed by atoms with Gasteiger partial charge < -0.3 is 5.73 Å². The van der Waals surface area contributed by atoms with Gasteiger partial charge in [0.25, 0.3) is 0 Å². The molecule has 0 saturated heterocycles. The van der Waals surface area contributed by atoms with E-state index in [-0.39, 0.29) is 0 Å². The van der Waals surface area contributed by atoms with Gasteiger partial charge in [-0.05, 0) is 41.7 Å². The Kier molecular flexibility index (Phi) is 3.34. The van der Waals surface area contributed by atoms with E-state index in [0.717, 1.165) is 0 Å². The third-order valence-corrected chi connectivity index (χ3v) is 4.15. The summed E-state index contributed by atoms with van der Waals surface area (Å²) in [6.07, 6.45) is 2.43. The van der Waals surface area contributed by atoms with E-state index in [1.807, 2.05) is 0 Å². The maximum atomic E-state index is 6.08. The molecule has 88 valence electrons. The molecule has 0 aliphatic heterocycles. The first-order valence-electron chi connectivity index (χ1n) is 6.45. The van der Waals surface area contributed by atoms with Crippen molar-refractivity contribution in [2.24, 2.45) is 11.7 Å². The fourth-order valence-electron chi connectivity index (χ4n) is 2.79. The van der Waals surface area contributed by atoms with Gasteiger partial charge in [0.2, 0.25) is 0 Å². The van der Waals surface area contributed by atoms with E-state index >= 15 is 0 Å². The molecule has 0 heterocycles. The van der Waals surface area contributed by atoms with Gasteiger partial charge in [0, 0.05) is 6.04 Å². The van der Waals surface area contributed by atoms with Crippen LogP contribution in [0.5, 0.6) is 0 Å². The van der Waals surface area contributed by atoms with Gasteiger partial charge in [0.15, 0.2) is 0 Å². The highest BCUT2D eigenvalue weighted by atomic mass is 14.7. The quantitative estimate of drug-likeness (QED) is 0.804. The van der Waals surface area contributed by atoms with E-state index in [1.54, 1.807) is 0 Å². The highest BCUT2D eigenvalue weighted by molar-refractivity contribution is 5.28. The lowest BCUT2D eigenvalue weighted by Gasteiger charge is -2.19. The first kappa shape index (κ1) is 11.7. The van der Waals surface area contributed by atoms with Gasteiger partial charge in [-0.3, -0.25) is 0 Å². The summed E-state index contributed by atoms with van der Waals surface area (Å²) in [6, 6.07) is 9.55. The molecule has 2 N–H and O–H groups in total. The van der Waals surface area contributed by atoms with Crippen LogP contribution in [0.2, 0.25) is 0 Å². The molecule has 3 atom stereocenters. The van der Waals surface area contributed by atoms with Crippen molar-refractivity contribution in [2.75, 3.05) is 0 Å². The molecule has 1 heteroatoms. The van der Waals surface area contributed by atoms with Crippen molar-refractivity contribution in [3.05, 3.63) is 35.4 Å². The fraction of sp³-hybridized carbons (Fsp3) is 0.600. The summed E-state index contributed by atoms with van der Waals surface area (Å²) in [5.41, 5.74) is 8.99. The molecular weight excluding hydrogens is 194 g/mol. The highest BCUT2D eigenvalue weighted by Gasteiger charge is 2.31.